The second kappa shape index (κ2) is 7.99. The van der Waals surface area contributed by atoms with E-state index in [0.29, 0.717) is 11.4 Å². The zero-order chi connectivity index (χ0) is 18.6. The van der Waals surface area contributed by atoms with Crippen LogP contribution < -0.4 is 10.1 Å². The van der Waals surface area contributed by atoms with Gasteiger partial charge in [0.25, 0.3) is 5.91 Å². The highest BCUT2D eigenvalue weighted by Gasteiger charge is 2.18. The summed E-state index contributed by atoms with van der Waals surface area (Å²) in [5.41, 5.74) is 0.494. The number of anilines is 1. The van der Waals surface area contributed by atoms with Crippen LogP contribution in [0.15, 0.2) is 57.9 Å². The van der Waals surface area contributed by atoms with Gasteiger partial charge in [0.2, 0.25) is 10.0 Å². The molecule has 0 bridgehead atoms. The van der Waals surface area contributed by atoms with Gasteiger partial charge in [-0.15, -0.1) is 0 Å². The minimum absolute atomic E-state index is 0.162. The molecule has 0 aliphatic rings. The van der Waals surface area contributed by atoms with Crippen molar-refractivity contribution in [2.24, 2.45) is 0 Å². The van der Waals surface area contributed by atoms with E-state index in [1.165, 1.54) is 26.2 Å². The zero-order valence-corrected chi connectivity index (χ0v) is 16.5. The van der Waals surface area contributed by atoms with Gasteiger partial charge < -0.3 is 10.1 Å². The first kappa shape index (κ1) is 19.4. The second-order valence-corrected chi connectivity index (χ2v) is 8.58. The van der Waals surface area contributed by atoms with Crippen molar-refractivity contribution in [3.8, 4) is 5.75 Å². The number of sulfonamides is 1. The van der Waals surface area contributed by atoms with E-state index in [-0.39, 0.29) is 10.8 Å². The van der Waals surface area contributed by atoms with E-state index in [1.54, 1.807) is 31.2 Å². The topological polar surface area (TPSA) is 75.7 Å². The number of halogens is 1. The van der Waals surface area contributed by atoms with Gasteiger partial charge in [0, 0.05) is 24.3 Å². The Hall–Kier alpha value is -1.90. The number of carbonyl (C=O) groups excluding carboxylic acids is 1. The summed E-state index contributed by atoms with van der Waals surface area (Å²) in [6, 6.07) is 13.1. The molecular weight excluding hydrogens is 408 g/mol. The molecule has 1 N–H and O–H groups in total. The molecular formula is C17H19BrN2O4S. The van der Waals surface area contributed by atoms with E-state index in [1.807, 2.05) is 12.1 Å². The van der Waals surface area contributed by atoms with E-state index >= 15 is 0 Å². The summed E-state index contributed by atoms with van der Waals surface area (Å²) in [5.74, 6) is 0.254. The fraction of sp³-hybridized carbons (Fsp3) is 0.235. The normalized spacial score (nSPS) is 12.7. The van der Waals surface area contributed by atoms with Crippen LogP contribution in [0.1, 0.15) is 6.92 Å². The molecule has 134 valence electrons. The fourth-order valence-electron chi connectivity index (χ4n) is 1.94. The molecule has 0 fully saturated rings. The van der Waals surface area contributed by atoms with Crippen LogP contribution in [0, 0.1) is 0 Å². The van der Waals surface area contributed by atoms with Gasteiger partial charge in [-0.05, 0) is 55.5 Å². The van der Waals surface area contributed by atoms with Crippen LogP contribution in [0.25, 0.3) is 0 Å². The van der Waals surface area contributed by atoms with Crippen molar-refractivity contribution < 1.29 is 17.9 Å². The second-order valence-electron chi connectivity index (χ2n) is 5.52. The van der Waals surface area contributed by atoms with Crippen molar-refractivity contribution in [2.75, 3.05) is 19.4 Å². The number of hydrogen-bond donors (Lipinski definition) is 1. The molecule has 1 atom stereocenters. The van der Waals surface area contributed by atoms with E-state index < -0.39 is 16.1 Å². The molecule has 0 aliphatic carbocycles. The van der Waals surface area contributed by atoms with Gasteiger partial charge in [0.15, 0.2) is 6.10 Å². The zero-order valence-electron chi connectivity index (χ0n) is 14.1. The lowest BCUT2D eigenvalue weighted by Crippen LogP contribution is -2.30. The van der Waals surface area contributed by atoms with Crippen molar-refractivity contribution in [3.63, 3.8) is 0 Å². The van der Waals surface area contributed by atoms with Gasteiger partial charge in [0.1, 0.15) is 5.75 Å². The van der Waals surface area contributed by atoms with Crippen molar-refractivity contribution in [3.05, 3.63) is 53.0 Å². The van der Waals surface area contributed by atoms with E-state index in [9.17, 15) is 13.2 Å². The van der Waals surface area contributed by atoms with Crippen LogP contribution in [-0.2, 0) is 14.8 Å². The molecule has 1 unspecified atom stereocenters. The molecule has 0 saturated heterocycles. The Morgan fingerprint density at radius 1 is 1.08 bits per heavy atom. The first-order valence-electron chi connectivity index (χ1n) is 7.46. The maximum absolute atomic E-state index is 12.2. The third kappa shape index (κ3) is 5.04. The van der Waals surface area contributed by atoms with Gasteiger partial charge in [-0.1, -0.05) is 15.9 Å². The quantitative estimate of drug-likeness (QED) is 0.769. The Kier molecular flexibility index (Phi) is 6.21. The predicted molar refractivity (Wildman–Crippen MR) is 100 cm³/mol. The number of carbonyl (C=O) groups is 1. The Balaban J connectivity index is 2.01. The lowest BCUT2D eigenvalue weighted by molar-refractivity contribution is -0.122. The molecule has 2 rings (SSSR count). The lowest BCUT2D eigenvalue weighted by Gasteiger charge is -2.15. The summed E-state index contributed by atoms with van der Waals surface area (Å²) >= 11 is 3.33. The summed E-state index contributed by atoms with van der Waals surface area (Å²) < 4.78 is 31.7. The Labute approximate surface area is 156 Å². The molecule has 0 radical (unpaired) electrons. The van der Waals surface area contributed by atoms with Gasteiger partial charge in [-0.25, -0.2) is 12.7 Å². The third-order valence-electron chi connectivity index (χ3n) is 3.40. The fourth-order valence-corrected chi connectivity index (χ4v) is 3.10. The van der Waals surface area contributed by atoms with E-state index in [0.717, 1.165) is 8.78 Å². The highest BCUT2D eigenvalue weighted by atomic mass is 79.9. The molecule has 6 nitrogen and oxygen atoms in total. The smallest absolute Gasteiger partial charge is 0.265 e. The summed E-state index contributed by atoms with van der Waals surface area (Å²) in [4.78, 5) is 12.4. The largest absolute Gasteiger partial charge is 0.481 e. The summed E-state index contributed by atoms with van der Waals surface area (Å²) in [5, 5.41) is 2.70. The molecule has 0 aliphatic heterocycles. The van der Waals surface area contributed by atoms with Crippen LogP contribution in [0.2, 0.25) is 0 Å². The Bertz CT molecular complexity index is 834. The number of rotatable bonds is 6. The van der Waals surface area contributed by atoms with Gasteiger partial charge >= 0.3 is 0 Å². The number of ether oxygens (including phenoxy) is 1. The third-order valence-corrected chi connectivity index (χ3v) is 5.75. The van der Waals surface area contributed by atoms with Crippen LogP contribution in [-0.4, -0.2) is 38.8 Å². The lowest BCUT2D eigenvalue weighted by atomic mass is 10.3. The molecule has 8 heteroatoms. The molecule has 1 amide bonds. The van der Waals surface area contributed by atoms with Crippen molar-refractivity contribution in [2.45, 2.75) is 17.9 Å². The maximum atomic E-state index is 12.2. The van der Waals surface area contributed by atoms with Gasteiger partial charge in [-0.3, -0.25) is 4.79 Å². The number of hydrogen-bond acceptors (Lipinski definition) is 4. The molecule has 25 heavy (non-hydrogen) atoms. The van der Waals surface area contributed by atoms with Crippen LogP contribution >= 0.6 is 15.9 Å². The average molecular weight is 427 g/mol. The van der Waals surface area contributed by atoms with Crippen LogP contribution in [0.4, 0.5) is 5.69 Å². The van der Waals surface area contributed by atoms with Crippen LogP contribution in [0.5, 0.6) is 5.75 Å². The number of nitrogens with zero attached hydrogens (tertiary/aromatic N) is 1. The summed E-state index contributed by atoms with van der Waals surface area (Å²) in [6.45, 7) is 1.64. The highest BCUT2D eigenvalue weighted by Crippen LogP contribution is 2.19. The van der Waals surface area contributed by atoms with Crippen molar-refractivity contribution >= 4 is 37.5 Å². The van der Waals surface area contributed by atoms with Gasteiger partial charge in [0.05, 0.1) is 4.90 Å². The summed E-state index contributed by atoms with van der Waals surface area (Å²) in [7, 11) is -0.562. The maximum Gasteiger partial charge on any atom is 0.265 e. The monoisotopic (exact) mass is 426 g/mol. The first-order chi connectivity index (χ1) is 11.7. The standard InChI is InChI=1S/C17H19BrN2O4S/c1-12(24-15-8-4-13(18)5-9-15)17(21)19-14-6-10-16(11-7-14)25(22,23)20(2)3/h4-12H,1-3H3,(H,19,21). The first-order valence-corrected chi connectivity index (χ1v) is 9.69. The van der Waals surface area contributed by atoms with E-state index in [2.05, 4.69) is 21.2 Å². The Morgan fingerprint density at radius 3 is 2.16 bits per heavy atom. The molecule has 0 spiro atoms. The molecule has 0 heterocycles. The number of nitrogens with one attached hydrogen (secondary N) is 1. The minimum Gasteiger partial charge on any atom is -0.481 e. The predicted octanol–water partition coefficient (Wildman–Crippen LogP) is 3.11. The number of benzene rings is 2. The number of amides is 1. The SMILES string of the molecule is CC(Oc1ccc(Br)cc1)C(=O)Nc1ccc(S(=O)(=O)N(C)C)cc1. The highest BCUT2D eigenvalue weighted by molar-refractivity contribution is 9.10. The molecule has 2 aromatic rings. The van der Waals surface area contributed by atoms with Crippen LogP contribution in [0.3, 0.4) is 0 Å². The van der Waals surface area contributed by atoms with Crippen molar-refractivity contribution in [1.82, 2.24) is 4.31 Å². The summed E-state index contributed by atoms with van der Waals surface area (Å²) in [6.07, 6.45) is -0.702. The Morgan fingerprint density at radius 2 is 1.64 bits per heavy atom. The van der Waals surface area contributed by atoms with E-state index in [4.69, 9.17) is 4.74 Å². The minimum atomic E-state index is -3.49. The molecule has 2 aromatic carbocycles. The average Bonchev–Trinajstić information content (AvgIpc) is 2.57. The van der Waals surface area contributed by atoms with Gasteiger partial charge in [-0.2, -0.15) is 0 Å². The van der Waals surface area contributed by atoms with Crippen molar-refractivity contribution in [1.29, 1.82) is 0 Å². The molecule has 0 saturated carbocycles. The molecule has 0 aromatic heterocycles.